The van der Waals surface area contributed by atoms with E-state index < -0.39 is 6.04 Å². The molecule has 0 saturated carbocycles. The Morgan fingerprint density at radius 3 is 2.83 bits per heavy atom. The van der Waals surface area contributed by atoms with Crippen molar-refractivity contribution in [3.8, 4) is 5.75 Å². The number of carbonyl (C=O) groups is 2. The lowest BCUT2D eigenvalue weighted by Gasteiger charge is -2.55. The van der Waals surface area contributed by atoms with Crippen LogP contribution in [0.4, 0.5) is 5.82 Å². The number of anilines is 1. The number of aryl methyl sites for hydroxylation is 1. The van der Waals surface area contributed by atoms with Gasteiger partial charge in [0, 0.05) is 36.9 Å². The van der Waals surface area contributed by atoms with Gasteiger partial charge in [-0.15, -0.1) is 0 Å². The molecule has 0 radical (unpaired) electrons. The van der Waals surface area contributed by atoms with Gasteiger partial charge in [-0.1, -0.05) is 12.1 Å². The molecule has 3 saturated heterocycles. The molecular weight excluding hydrogens is 380 g/mol. The van der Waals surface area contributed by atoms with Crippen molar-refractivity contribution >= 4 is 28.5 Å². The Balaban J connectivity index is 1.54. The van der Waals surface area contributed by atoms with Crippen LogP contribution in [0.25, 0.3) is 10.9 Å². The minimum atomic E-state index is -0.516. The van der Waals surface area contributed by atoms with Crippen molar-refractivity contribution in [3.05, 3.63) is 29.8 Å². The zero-order valence-electron chi connectivity index (χ0n) is 17.5. The summed E-state index contributed by atoms with van der Waals surface area (Å²) < 4.78 is 5.54. The molecule has 3 fully saturated rings. The average Bonchev–Trinajstić information content (AvgIpc) is 2.73. The number of hydrogen-bond acceptors (Lipinski definition) is 5. The molecule has 0 spiro atoms. The number of benzene rings is 1. The minimum Gasteiger partial charge on any atom is -0.494 e. The molecule has 1 aromatic carbocycles. The predicted molar refractivity (Wildman–Crippen MR) is 114 cm³/mol. The second kappa shape index (κ2) is 7.15. The number of ether oxygens (including phenoxy) is 1. The monoisotopic (exact) mass is 408 g/mol. The molecule has 0 unspecified atom stereocenters. The fourth-order valence-electron chi connectivity index (χ4n) is 5.91. The fraction of sp³-hybridized carbons (Fsp3) is 0.522. The van der Waals surface area contributed by atoms with Gasteiger partial charge in [-0.2, -0.15) is 0 Å². The Morgan fingerprint density at radius 2 is 2.07 bits per heavy atom. The lowest BCUT2D eigenvalue weighted by atomic mass is 9.72. The number of methoxy groups -OCH3 is 1. The Kier molecular flexibility index (Phi) is 4.56. The van der Waals surface area contributed by atoms with Crippen LogP contribution in [0.5, 0.6) is 5.75 Å². The summed E-state index contributed by atoms with van der Waals surface area (Å²) >= 11 is 0. The second-order valence-electron chi connectivity index (χ2n) is 8.92. The molecule has 2 aromatic rings. The largest absolute Gasteiger partial charge is 0.494 e. The number of nitrogens with two attached hydrogens (primary N) is 1. The number of piperidine rings is 3. The summed E-state index contributed by atoms with van der Waals surface area (Å²) in [5.74, 6) is 1.73. The first-order valence-electron chi connectivity index (χ1n) is 10.8. The van der Waals surface area contributed by atoms with Crippen LogP contribution in [0.15, 0.2) is 24.3 Å². The van der Waals surface area contributed by atoms with Gasteiger partial charge < -0.3 is 20.3 Å². The van der Waals surface area contributed by atoms with E-state index in [9.17, 15) is 9.59 Å². The number of carbonyl (C=O) groups excluding carboxylic acids is 2. The van der Waals surface area contributed by atoms with Gasteiger partial charge in [-0.05, 0) is 49.8 Å². The van der Waals surface area contributed by atoms with E-state index in [0.717, 1.165) is 53.8 Å². The number of para-hydroxylation sites is 1. The maximum absolute atomic E-state index is 12.7. The van der Waals surface area contributed by atoms with Crippen LogP contribution in [0.1, 0.15) is 31.2 Å². The zero-order valence-corrected chi connectivity index (χ0v) is 17.5. The maximum Gasteiger partial charge on any atom is 0.240 e. The van der Waals surface area contributed by atoms with Gasteiger partial charge in [0.2, 0.25) is 11.8 Å². The van der Waals surface area contributed by atoms with Crippen molar-refractivity contribution in [2.45, 2.75) is 44.7 Å². The molecule has 2 amide bonds. The Hall–Kier alpha value is -2.83. The van der Waals surface area contributed by atoms with Crippen LogP contribution < -0.4 is 15.4 Å². The van der Waals surface area contributed by atoms with E-state index in [2.05, 4.69) is 24.0 Å². The third kappa shape index (κ3) is 2.90. The van der Waals surface area contributed by atoms with Crippen LogP contribution in [-0.4, -0.2) is 54.0 Å². The molecule has 4 heterocycles. The first-order chi connectivity index (χ1) is 14.5. The SMILES string of the molecule is COc1cccc2c(C)cc(N3C[C@@H]4C[C@H](C3)[C@H](C(N)=O)N3C(=O)CCC[C@@H]43)nc12. The minimum absolute atomic E-state index is 0.0371. The standard InChI is InChI=1S/C23H28N4O3/c1-13-9-19(25-21-16(13)5-3-7-18(21)30-2)26-11-14-10-15(12-26)22(23(24)29)27-17(14)6-4-8-20(27)28/h3,5,7,9,14-15,17,22H,4,6,8,10-12H2,1-2H3,(H2,24,29)/t14-,15+,17-,22+/m0/s1. The Bertz CT molecular complexity index is 1020. The summed E-state index contributed by atoms with van der Waals surface area (Å²) in [5.41, 5.74) is 7.81. The van der Waals surface area contributed by atoms with E-state index in [4.69, 9.17) is 15.5 Å². The van der Waals surface area contributed by atoms with E-state index in [-0.39, 0.29) is 23.8 Å². The van der Waals surface area contributed by atoms with Gasteiger partial charge in [-0.25, -0.2) is 4.98 Å². The Morgan fingerprint density at radius 1 is 1.27 bits per heavy atom. The van der Waals surface area contributed by atoms with Crippen molar-refractivity contribution in [1.82, 2.24) is 9.88 Å². The summed E-state index contributed by atoms with van der Waals surface area (Å²) in [6.45, 7) is 3.60. The number of nitrogens with zero attached hydrogens (tertiary/aromatic N) is 3. The van der Waals surface area contributed by atoms with Crippen LogP contribution in [-0.2, 0) is 9.59 Å². The van der Waals surface area contributed by atoms with E-state index >= 15 is 0 Å². The van der Waals surface area contributed by atoms with E-state index in [1.54, 1.807) is 7.11 Å². The van der Waals surface area contributed by atoms with Gasteiger partial charge in [0.15, 0.2) is 0 Å². The highest BCUT2D eigenvalue weighted by atomic mass is 16.5. The van der Waals surface area contributed by atoms with Gasteiger partial charge in [0.05, 0.1) is 7.11 Å². The van der Waals surface area contributed by atoms with E-state index in [0.29, 0.717) is 18.9 Å². The van der Waals surface area contributed by atoms with E-state index in [1.165, 1.54) is 0 Å². The fourth-order valence-corrected chi connectivity index (χ4v) is 5.91. The second-order valence-corrected chi connectivity index (χ2v) is 8.92. The molecule has 5 rings (SSSR count). The molecule has 4 atom stereocenters. The van der Waals surface area contributed by atoms with Gasteiger partial charge in [0.1, 0.15) is 23.1 Å². The molecule has 2 bridgehead atoms. The highest BCUT2D eigenvalue weighted by Gasteiger charge is 2.51. The van der Waals surface area contributed by atoms with Crippen LogP contribution in [0.3, 0.4) is 0 Å². The summed E-state index contributed by atoms with van der Waals surface area (Å²) in [7, 11) is 1.66. The molecule has 7 nitrogen and oxygen atoms in total. The van der Waals surface area contributed by atoms with Gasteiger partial charge in [-0.3, -0.25) is 9.59 Å². The summed E-state index contributed by atoms with van der Waals surface area (Å²) in [4.78, 5) is 34.1. The first kappa shape index (κ1) is 19.2. The van der Waals surface area contributed by atoms with Crippen molar-refractivity contribution in [2.75, 3.05) is 25.1 Å². The van der Waals surface area contributed by atoms with Crippen molar-refractivity contribution in [1.29, 1.82) is 0 Å². The zero-order chi connectivity index (χ0) is 21.0. The summed E-state index contributed by atoms with van der Waals surface area (Å²) in [6.07, 6.45) is 3.29. The molecule has 1 aromatic heterocycles. The topological polar surface area (TPSA) is 88.8 Å². The Labute approximate surface area is 176 Å². The molecule has 3 aliphatic rings. The van der Waals surface area contributed by atoms with Crippen LogP contribution in [0, 0.1) is 18.8 Å². The van der Waals surface area contributed by atoms with Crippen molar-refractivity contribution in [2.24, 2.45) is 17.6 Å². The number of fused-ring (bicyclic) bond motifs is 5. The van der Waals surface area contributed by atoms with Crippen LogP contribution in [0.2, 0.25) is 0 Å². The predicted octanol–water partition coefficient (Wildman–Crippen LogP) is 2.24. The van der Waals surface area contributed by atoms with Crippen LogP contribution >= 0.6 is 0 Å². The average molecular weight is 409 g/mol. The number of amides is 2. The number of rotatable bonds is 3. The highest BCUT2D eigenvalue weighted by Crippen LogP contribution is 2.42. The molecule has 2 N–H and O–H groups in total. The van der Waals surface area contributed by atoms with Crippen molar-refractivity contribution < 1.29 is 14.3 Å². The third-order valence-electron chi connectivity index (χ3n) is 7.17. The molecular formula is C23H28N4O3. The summed E-state index contributed by atoms with van der Waals surface area (Å²) in [6, 6.07) is 7.66. The van der Waals surface area contributed by atoms with E-state index in [1.807, 2.05) is 17.0 Å². The molecule has 7 heteroatoms. The molecule has 0 aliphatic carbocycles. The lowest BCUT2D eigenvalue weighted by molar-refractivity contribution is -0.155. The summed E-state index contributed by atoms with van der Waals surface area (Å²) in [5, 5.41) is 1.08. The number of hydrogen-bond donors (Lipinski definition) is 1. The van der Waals surface area contributed by atoms with Gasteiger partial charge in [0.25, 0.3) is 0 Å². The normalized spacial score (nSPS) is 28.4. The first-order valence-corrected chi connectivity index (χ1v) is 10.8. The highest BCUT2D eigenvalue weighted by molar-refractivity contribution is 5.89. The number of pyridine rings is 1. The molecule has 30 heavy (non-hydrogen) atoms. The van der Waals surface area contributed by atoms with Gasteiger partial charge >= 0.3 is 0 Å². The maximum atomic E-state index is 12.7. The quantitative estimate of drug-likeness (QED) is 0.841. The van der Waals surface area contributed by atoms with Crippen molar-refractivity contribution in [3.63, 3.8) is 0 Å². The number of aromatic nitrogens is 1. The number of primary amides is 1. The smallest absolute Gasteiger partial charge is 0.240 e. The lowest BCUT2D eigenvalue weighted by Crippen LogP contribution is -2.68. The molecule has 3 aliphatic heterocycles. The third-order valence-corrected chi connectivity index (χ3v) is 7.17. The molecule has 158 valence electrons.